The van der Waals surface area contributed by atoms with Gasteiger partial charge in [-0.3, -0.25) is 4.79 Å². The van der Waals surface area contributed by atoms with Crippen molar-refractivity contribution in [2.45, 2.75) is 12.5 Å². The molecule has 4 nitrogen and oxygen atoms in total. The third-order valence-electron chi connectivity index (χ3n) is 3.44. The molecular formula is C16H14N2O2. The zero-order valence-electron chi connectivity index (χ0n) is 10.8. The van der Waals surface area contributed by atoms with Crippen LogP contribution in [0.2, 0.25) is 0 Å². The summed E-state index contributed by atoms with van der Waals surface area (Å²) < 4.78 is 0. The topological polar surface area (TPSA) is 76.2 Å². The van der Waals surface area contributed by atoms with Crippen LogP contribution in [0, 0.1) is 0 Å². The molecule has 1 heterocycles. The van der Waals surface area contributed by atoms with Crippen LogP contribution in [0.4, 0.5) is 0 Å². The number of aliphatic carboxylic acids is 1. The van der Waals surface area contributed by atoms with E-state index in [2.05, 4.69) is 4.98 Å². The van der Waals surface area contributed by atoms with Gasteiger partial charge in [-0.25, -0.2) is 4.98 Å². The monoisotopic (exact) mass is 266 g/mol. The van der Waals surface area contributed by atoms with E-state index in [1.165, 1.54) is 0 Å². The minimum absolute atomic E-state index is 0.291. The van der Waals surface area contributed by atoms with Gasteiger partial charge in [-0.2, -0.15) is 0 Å². The first-order chi connectivity index (χ1) is 9.66. The van der Waals surface area contributed by atoms with E-state index >= 15 is 0 Å². The highest BCUT2D eigenvalue weighted by molar-refractivity contribution is 5.97. The number of nitrogens with two attached hydrogens (primary N) is 1. The maximum absolute atomic E-state index is 11.0. The molecule has 0 radical (unpaired) electrons. The van der Waals surface area contributed by atoms with Crippen LogP contribution in [0.5, 0.6) is 0 Å². The fraction of sp³-hybridized carbons (Fsp3) is 0.125. The Balaban J connectivity index is 2.30. The van der Waals surface area contributed by atoms with Gasteiger partial charge >= 0.3 is 5.97 Å². The van der Waals surface area contributed by atoms with E-state index < -0.39 is 12.0 Å². The van der Waals surface area contributed by atoms with E-state index in [9.17, 15) is 4.79 Å². The molecule has 3 rings (SSSR count). The van der Waals surface area contributed by atoms with Crippen LogP contribution in [0.3, 0.4) is 0 Å². The Morgan fingerprint density at radius 3 is 2.05 bits per heavy atom. The first kappa shape index (κ1) is 12.6. The highest BCUT2D eigenvalue weighted by Crippen LogP contribution is 2.26. The number of carbonyl (C=O) groups is 1. The molecule has 0 saturated carbocycles. The summed E-state index contributed by atoms with van der Waals surface area (Å²) in [6.45, 7) is 0. The van der Waals surface area contributed by atoms with Crippen LogP contribution in [0.15, 0.2) is 48.5 Å². The second-order valence-corrected chi connectivity index (χ2v) is 4.77. The minimum Gasteiger partial charge on any atom is -0.480 e. The summed E-state index contributed by atoms with van der Waals surface area (Å²) in [4.78, 5) is 15.6. The van der Waals surface area contributed by atoms with Crippen molar-refractivity contribution in [2.75, 3.05) is 0 Å². The first-order valence-electron chi connectivity index (χ1n) is 6.41. The lowest BCUT2D eigenvalue weighted by atomic mass is 9.97. The Kier molecular flexibility index (Phi) is 3.08. The third-order valence-corrected chi connectivity index (χ3v) is 3.44. The fourth-order valence-corrected chi connectivity index (χ4v) is 2.45. The molecule has 100 valence electrons. The molecule has 0 bridgehead atoms. The zero-order chi connectivity index (χ0) is 14.1. The van der Waals surface area contributed by atoms with Crippen molar-refractivity contribution >= 4 is 27.8 Å². The number of rotatable bonds is 3. The number of hydrogen-bond acceptors (Lipinski definition) is 3. The Morgan fingerprint density at radius 2 is 1.55 bits per heavy atom. The predicted molar refractivity (Wildman–Crippen MR) is 78.6 cm³/mol. The van der Waals surface area contributed by atoms with Crippen LogP contribution in [0.25, 0.3) is 21.8 Å². The largest absolute Gasteiger partial charge is 0.480 e. The average molecular weight is 266 g/mol. The highest BCUT2D eigenvalue weighted by atomic mass is 16.4. The molecular weight excluding hydrogens is 252 g/mol. The predicted octanol–water partition coefficient (Wildman–Crippen LogP) is 2.34. The van der Waals surface area contributed by atoms with Gasteiger partial charge in [0.1, 0.15) is 6.04 Å². The molecule has 0 spiro atoms. The van der Waals surface area contributed by atoms with Crippen LogP contribution in [-0.2, 0) is 11.2 Å². The molecule has 1 aromatic heterocycles. The molecule has 1 unspecified atom stereocenters. The number of carboxylic acid groups (broad SMARTS) is 1. The molecule has 0 aliphatic rings. The van der Waals surface area contributed by atoms with Gasteiger partial charge in [-0.15, -0.1) is 0 Å². The summed E-state index contributed by atoms with van der Waals surface area (Å²) in [5, 5.41) is 11.0. The standard InChI is InChI=1S/C16H14N2O2/c17-13(16(19)20)9-12-10-5-1-3-7-14(10)18-15-8-4-2-6-11(12)15/h1-8,13H,9,17H2,(H,19,20). The second kappa shape index (κ2) is 4.90. The normalized spacial score (nSPS) is 12.7. The lowest BCUT2D eigenvalue weighted by Gasteiger charge is -2.13. The Labute approximate surface area is 115 Å². The van der Waals surface area contributed by atoms with Crippen molar-refractivity contribution in [3.8, 4) is 0 Å². The summed E-state index contributed by atoms with van der Waals surface area (Å²) in [6, 6.07) is 14.6. The average Bonchev–Trinajstić information content (AvgIpc) is 2.46. The van der Waals surface area contributed by atoms with Crippen LogP contribution in [-0.4, -0.2) is 22.1 Å². The molecule has 3 N–H and O–H groups in total. The van der Waals surface area contributed by atoms with Crippen LogP contribution < -0.4 is 5.73 Å². The SMILES string of the molecule is NC(Cc1c2ccccc2nc2ccccc12)C(=O)O. The summed E-state index contributed by atoms with van der Waals surface area (Å²) in [5.74, 6) is -0.991. The van der Waals surface area contributed by atoms with E-state index in [0.29, 0.717) is 6.42 Å². The number of carboxylic acids is 1. The van der Waals surface area contributed by atoms with E-state index in [1.54, 1.807) is 0 Å². The number of benzene rings is 2. The van der Waals surface area contributed by atoms with Gasteiger partial charge in [0.2, 0.25) is 0 Å². The van der Waals surface area contributed by atoms with Gasteiger partial charge < -0.3 is 10.8 Å². The van der Waals surface area contributed by atoms with Gasteiger partial charge in [0.25, 0.3) is 0 Å². The number of aromatic nitrogens is 1. The molecule has 0 aliphatic carbocycles. The fourth-order valence-electron chi connectivity index (χ4n) is 2.45. The van der Waals surface area contributed by atoms with Crippen molar-refractivity contribution < 1.29 is 9.90 Å². The van der Waals surface area contributed by atoms with Crippen molar-refractivity contribution in [1.82, 2.24) is 4.98 Å². The molecule has 0 fully saturated rings. The smallest absolute Gasteiger partial charge is 0.320 e. The quantitative estimate of drug-likeness (QED) is 0.713. The summed E-state index contributed by atoms with van der Waals surface area (Å²) >= 11 is 0. The molecule has 0 amide bonds. The summed E-state index contributed by atoms with van der Waals surface area (Å²) in [6.07, 6.45) is 0.291. The van der Waals surface area contributed by atoms with Crippen molar-refractivity contribution in [1.29, 1.82) is 0 Å². The molecule has 2 aromatic carbocycles. The lowest BCUT2D eigenvalue weighted by Crippen LogP contribution is -2.32. The van der Waals surface area contributed by atoms with E-state index in [4.69, 9.17) is 10.8 Å². The van der Waals surface area contributed by atoms with Gasteiger partial charge in [0, 0.05) is 10.8 Å². The second-order valence-electron chi connectivity index (χ2n) is 4.77. The number of pyridine rings is 1. The highest BCUT2D eigenvalue weighted by Gasteiger charge is 2.16. The van der Waals surface area contributed by atoms with E-state index in [-0.39, 0.29) is 0 Å². The zero-order valence-corrected chi connectivity index (χ0v) is 10.8. The maximum Gasteiger partial charge on any atom is 0.320 e. The number of fused-ring (bicyclic) bond motifs is 2. The first-order valence-corrected chi connectivity index (χ1v) is 6.41. The number of hydrogen-bond donors (Lipinski definition) is 2. The van der Waals surface area contributed by atoms with Crippen molar-refractivity contribution in [2.24, 2.45) is 5.73 Å². The number of para-hydroxylation sites is 2. The van der Waals surface area contributed by atoms with Crippen molar-refractivity contribution in [3.63, 3.8) is 0 Å². The Hall–Kier alpha value is -2.46. The van der Waals surface area contributed by atoms with E-state index in [0.717, 1.165) is 27.4 Å². The van der Waals surface area contributed by atoms with Gasteiger partial charge in [0.15, 0.2) is 0 Å². The molecule has 20 heavy (non-hydrogen) atoms. The van der Waals surface area contributed by atoms with Gasteiger partial charge in [-0.1, -0.05) is 36.4 Å². The summed E-state index contributed by atoms with van der Waals surface area (Å²) in [7, 11) is 0. The lowest BCUT2D eigenvalue weighted by molar-refractivity contribution is -0.138. The van der Waals surface area contributed by atoms with Crippen molar-refractivity contribution in [3.05, 3.63) is 54.1 Å². The molecule has 0 aliphatic heterocycles. The third kappa shape index (κ3) is 2.10. The van der Waals surface area contributed by atoms with Crippen LogP contribution >= 0.6 is 0 Å². The van der Waals surface area contributed by atoms with Gasteiger partial charge in [-0.05, 0) is 24.1 Å². The molecule has 1 atom stereocenters. The maximum atomic E-state index is 11.0. The number of nitrogens with zero attached hydrogens (tertiary/aromatic N) is 1. The summed E-state index contributed by atoms with van der Waals surface area (Å²) in [5.41, 5.74) is 8.38. The van der Waals surface area contributed by atoms with E-state index in [1.807, 2.05) is 48.5 Å². The Morgan fingerprint density at radius 1 is 1.05 bits per heavy atom. The minimum atomic E-state index is -0.991. The molecule has 4 heteroatoms. The molecule has 0 saturated heterocycles. The Bertz CT molecular complexity index is 745. The van der Waals surface area contributed by atoms with Gasteiger partial charge in [0.05, 0.1) is 11.0 Å². The van der Waals surface area contributed by atoms with Crippen LogP contribution in [0.1, 0.15) is 5.56 Å². The molecule has 3 aromatic rings.